The molecule has 2 aliphatic rings. The number of benzene rings is 1. The molecule has 1 aromatic heterocycles. The maximum atomic E-state index is 12.7. The van der Waals surface area contributed by atoms with Crippen LogP contribution < -0.4 is 10.6 Å². The first-order valence-corrected chi connectivity index (χ1v) is 7.06. The molecule has 0 aliphatic carbocycles. The van der Waals surface area contributed by atoms with Gasteiger partial charge < -0.3 is 20.1 Å². The van der Waals surface area contributed by atoms with Crippen molar-refractivity contribution in [2.45, 2.75) is 19.1 Å². The second kappa shape index (κ2) is 4.76. The van der Waals surface area contributed by atoms with Gasteiger partial charge in [-0.3, -0.25) is 4.79 Å². The molecule has 0 spiro atoms. The highest BCUT2D eigenvalue weighted by Gasteiger charge is 2.30. The highest BCUT2D eigenvalue weighted by atomic mass is 16.2. The standard InChI is InChI=1S/C14H16N6O/c21-14(19-5-6-20-9-16-18-13(20)8-19)12-7-15-10-3-1-2-4-11(10)17-12/h1-4,9,12,15,17H,5-8H2. The molecule has 0 fully saturated rings. The summed E-state index contributed by atoms with van der Waals surface area (Å²) >= 11 is 0. The van der Waals surface area contributed by atoms with Crippen LogP contribution in [0.15, 0.2) is 30.6 Å². The number of carbonyl (C=O) groups is 1. The minimum Gasteiger partial charge on any atom is -0.381 e. The number of fused-ring (bicyclic) bond motifs is 2. The van der Waals surface area contributed by atoms with Gasteiger partial charge in [0.15, 0.2) is 5.82 Å². The summed E-state index contributed by atoms with van der Waals surface area (Å²) in [5.74, 6) is 0.949. The fraction of sp³-hybridized carbons (Fsp3) is 0.357. The molecular weight excluding hydrogens is 268 g/mol. The molecule has 2 aromatic rings. The number of carbonyl (C=O) groups excluding carboxylic acids is 1. The molecule has 0 radical (unpaired) electrons. The molecule has 7 nitrogen and oxygen atoms in total. The highest BCUT2D eigenvalue weighted by Crippen LogP contribution is 2.26. The van der Waals surface area contributed by atoms with Gasteiger partial charge in [0.05, 0.1) is 17.9 Å². The molecule has 1 atom stereocenters. The molecule has 0 saturated heterocycles. The Labute approximate surface area is 122 Å². The number of aromatic nitrogens is 3. The Kier molecular flexibility index (Phi) is 2.77. The van der Waals surface area contributed by atoms with Gasteiger partial charge in [0.1, 0.15) is 12.4 Å². The molecule has 21 heavy (non-hydrogen) atoms. The highest BCUT2D eigenvalue weighted by molar-refractivity contribution is 5.88. The Hall–Kier alpha value is -2.57. The molecule has 2 aliphatic heterocycles. The number of nitrogens with one attached hydrogen (secondary N) is 2. The van der Waals surface area contributed by atoms with E-state index in [1.807, 2.05) is 33.7 Å². The van der Waals surface area contributed by atoms with Crippen molar-refractivity contribution in [1.82, 2.24) is 19.7 Å². The van der Waals surface area contributed by atoms with Crippen molar-refractivity contribution < 1.29 is 4.79 Å². The molecular formula is C14H16N6O. The van der Waals surface area contributed by atoms with E-state index in [2.05, 4.69) is 20.8 Å². The Bertz CT molecular complexity index is 682. The van der Waals surface area contributed by atoms with Crippen molar-refractivity contribution in [3.05, 3.63) is 36.4 Å². The van der Waals surface area contributed by atoms with Gasteiger partial charge in [0.25, 0.3) is 0 Å². The number of para-hydroxylation sites is 2. The summed E-state index contributed by atoms with van der Waals surface area (Å²) in [5, 5.41) is 14.6. The molecule has 7 heteroatoms. The van der Waals surface area contributed by atoms with Crippen LogP contribution in [0.5, 0.6) is 0 Å². The van der Waals surface area contributed by atoms with Crippen LogP contribution in [0, 0.1) is 0 Å². The van der Waals surface area contributed by atoms with Gasteiger partial charge in [-0.2, -0.15) is 0 Å². The van der Waals surface area contributed by atoms with Gasteiger partial charge in [0.2, 0.25) is 5.91 Å². The van der Waals surface area contributed by atoms with Crippen LogP contribution in [0.25, 0.3) is 0 Å². The molecule has 0 saturated carbocycles. The summed E-state index contributed by atoms with van der Waals surface area (Å²) < 4.78 is 1.99. The van der Waals surface area contributed by atoms with E-state index >= 15 is 0 Å². The zero-order valence-electron chi connectivity index (χ0n) is 11.5. The van der Waals surface area contributed by atoms with E-state index in [1.165, 1.54) is 0 Å². The fourth-order valence-corrected chi connectivity index (χ4v) is 2.84. The van der Waals surface area contributed by atoms with Crippen LogP contribution in [0.2, 0.25) is 0 Å². The molecule has 3 heterocycles. The van der Waals surface area contributed by atoms with Crippen LogP contribution in [-0.4, -0.2) is 44.7 Å². The number of nitrogens with zero attached hydrogens (tertiary/aromatic N) is 4. The molecule has 2 N–H and O–H groups in total. The SMILES string of the molecule is O=C(C1CNc2ccccc2N1)N1CCn2cnnc2C1. The van der Waals surface area contributed by atoms with Crippen LogP contribution in [0.4, 0.5) is 11.4 Å². The lowest BCUT2D eigenvalue weighted by molar-refractivity contribution is -0.133. The third kappa shape index (κ3) is 2.10. The average molecular weight is 284 g/mol. The second-order valence-corrected chi connectivity index (χ2v) is 5.32. The zero-order chi connectivity index (χ0) is 14.2. The van der Waals surface area contributed by atoms with E-state index in [1.54, 1.807) is 6.33 Å². The molecule has 1 aromatic carbocycles. The first kappa shape index (κ1) is 12.2. The molecule has 1 amide bonds. The quantitative estimate of drug-likeness (QED) is 0.799. The third-order valence-corrected chi connectivity index (χ3v) is 4.00. The average Bonchev–Trinajstić information content (AvgIpc) is 3.01. The summed E-state index contributed by atoms with van der Waals surface area (Å²) in [6, 6.07) is 7.69. The monoisotopic (exact) mass is 284 g/mol. The number of amides is 1. The van der Waals surface area contributed by atoms with Crippen molar-refractivity contribution in [1.29, 1.82) is 0 Å². The van der Waals surface area contributed by atoms with Gasteiger partial charge in [-0.15, -0.1) is 10.2 Å². The summed E-state index contributed by atoms with van der Waals surface area (Å²) in [5.41, 5.74) is 2.02. The third-order valence-electron chi connectivity index (χ3n) is 4.00. The summed E-state index contributed by atoms with van der Waals surface area (Å²) in [4.78, 5) is 14.5. The number of rotatable bonds is 1. The first-order chi connectivity index (χ1) is 10.3. The van der Waals surface area contributed by atoms with Crippen LogP contribution >= 0.6 is 0 Å². The Morgan fingerprint density at radius 1 is 1.24 bits per heavy atom. The van der Waals surface area contributed by atoms with E-state index < -0.39 is 0 Å². The van der Waals surface area contributed by atoms with Crippen molar-refractivity contribution in [2.75, 3.05) is 23.7 Å². The Morgan fingerprint density at radius 2 is 2.10 bits per heavy atom. The van der Waals surface area contributed by atoms with Crippen LogP contribution in [0.3, 0.4) is 0 Å². The predicted molar refractivity (Wildman–Crippen MR) is 77.8 cm³/mol. The molecule has 4 rings (SSSR count). The minimum absolute atomic E-state index is 0.103. The van der Waals surface area contributed by atoms with E-state index in [9.17, 15) is 4.79 Å². The van der Waals surface area contributed by atoms with Crippen molar-refractivity contribution in [3.8, 4) is 0 Å². The topological polar surface area (TPSA) is 75.1 Å². The summed E-state index contributed by atoms with van der Waals surface area (Å²) in [7, 11) is 0. The van der Waals surface area contributed by atoms with Gasteiger partial charge in [-0.25, -0.2) is 0 Å². The molecule has 1 unspecified atom stereocenters. The lowest BCUT2D eigenvalue weighted by Gasteiger charge is -2.33. The van der Waals surface area contributed by atoms with Crippen molar-refractivity contribution in [3.63, 3.8) is 0 Å². The maximum Gasteiger partial charge on any atom is 0.247 e. The Morgan fingerprint density at radius 3 is 3.00 bits per heavy atom. The Balaban J connectivity index is 1.49. The normalized spacial score (nSPS) is 20.0. The summed E-state index contributed by atoms with van der Waals surface area (Å²) in [6.45, 7) is 2.58. The van der Waals surface area contributed by atoms with Crippen molar-refractivity contribution >= 4 is 17.3 Å². The van der Waals surface area contributed by atoms with Gasteiger partial charge in [0, 0.05) is 19.6 Å². The minimum atomic E-state index is -0.241. The first-order valence-electron chi connectivity index (χ1n) is 7.06. The van der Waals surface area contributed by atoms with E-state index in [0.717, 1.165) is 23.7 Å². The zero-order valence-corrected chi connectivity index (χ0v) is 11.5. The fourth-order valence-electron chi connectivity index (χ4n) is 2.84. The smallest absolute Gasteiger partial charge is 0.247 e. The van der Waals surface area contributed by atoms with Crippen molar-refractivity contribution in [2.24, 2.45) is 0 Å². The summed E-state index contributed by atoms with van der Waals surface area (Å²) in [6.07, 6.45) is 1.72. The maximum absolute atomic E-state index is 12.7. The van der Waals surface area contributed by atoms with Crippen LogP contribution in [-0.2, 0) is 17.9 Å². The van der Waals surface area contributed by atoms with Gasteiger partial charge >= 0.3 is 0 Å². The number of hydrogen-bond donors (Lipinski definition) is 2. The number of hydrogen-bond acceptors (Lipinski definition) is 5. The molecule has 108 valence electrons. The lowest BCUT2D eigenvalue weighted by atomic mass is 10.1. The lowest BCUT2D eigenvalue weighted by Crippen LogP contribution is -2.50. The second-order valence-electron chi connectivity index (χ2n) is 5.32. The predicted octanol–water partition coefficient (Wildman–Crippen LogP) is 0.526. The van der Waals surface area contributed by atoms with Gasteiger partial charge in [-0.1, -0.05) is 12.1 Å². The number of anilines is 2. The van der Waals surface area contributed by atoms with E-state index in [0.29, 0.717) is 19.6 Å². The van der Waals surface area contributed by atoms with Crippen LogP contribution in [0.1, 0.15) is 5.82 Å². The molecule has 0 bridgehead atoms. The largest absolute Gasteiger partial charge is 0.381 e. The van der Waals surface area contributed by atoms with Gasteiger partial charge in [-0.05, 0) is 12.1 Å². The van der Waals surface area contributed by atoms with E-state index in [4.69, 9.17) is 0 Å². The van der Waals surface area contributed by atoms with E-state index in [-0.39, 0.29) is 11.9 Å².